The van der Waals surface area contributed by atoms with Crippen LogP contribution in [0.3, 0.4) is 0 Å². The third kappa shape index (κ3) is 5.59. The van der Waals surface area contributed by atoms with Gasteiger partial charge in [0.25, 0.3) is 0 Å². The van der Waals surface area contributed by atoms with Crippen molar-refractivity contribution in [2.45, 2.75) is 31.1 Å². The molecular weight excluding hydrogens is 436 g/mol. The molecule has 1 N–H and O–H groups in total. The minimum absolute atomic E-state index is 0.123. The summed E-state index contributed by atoms with van der Waals surface area (Å²) in [6.45, 7) is 5.12. The van der Waals surface area contributed by atoms with Gasteiger partial charge in [0, 0.05) is 30.6 Å². The van der Waals surface area contributed by atoms with Crippen molar-refractivity contribution in [3.05, 3.63) is 59.1 Å². The fourth-order valence-corrected chi connectivity index (χ4v) is 5.43. The highest BCUT2D eigenvalue weighted by Gasteiger charge is 2.43. The molecule has 31 heavy (non-hydrogen) atoms. The van der Waals surface area contributed by atoms with Crippen LogP contribution >= 0.6 is 11.6 Å². The predicted octanol–water partition coefficient (Wildman–Crippen LogP) is 3.92. The van der Waals surface area contributed by atoms with Crippen LogP contribution in [-0.2, 0) is 14.8 Å². The number of hydrogen-bond acceptors (Lipinski definition) is 4. The van der Waals surface area contributed by atoms with Crippen LogP contribution in [-0.4, -0.2) is 45.4 Å². The summed E-state index contributed by atoms with van der Waals surface area (Å²) >= 11 is 5.92. The van der Waals surface area contributed by atoms with E-state index in [1.54, 1.807) is 19.2 Å². The number of sulfonamides is 1. The monoisotopic (exact) mass is 464 g/mol. The smallest absolute Gasteiger partial charge is 0.243 e. The number of ether oxygens (including phenoxy) is 1. The lowest BCUT2D eigenvalue weighted by molar-refractivity contribution is -0.124. The normalized spacial score (nSPS) is 19.5. The second kappa shape index (κ2) is 10.0. The largest absolute Gasteiger partial charge is 0.497 e. The minimum Gasteiger partial charge on any atom is -0.497 e. The zero-order valence-corrected chi connectivity index (χ0v) is 19.6. The van der Waals surface area contributed by atoms with Crippen molar-refractivity contribution in [2.24, 2.45) is 11.8 Å². The molecule has 8 heteroatoms. The maximum atomic E-state index is 13.2. The Morgan fingerprint density at radius 2 is 1.90 bits per heavy atom. The number of nitrogens with zero attached hydrogens (tertiary/aromatic N) is 1. The van der Waals surface area contributed by atoms with Crippen molar-refractivity contribution >= 4 is 27.5 Å². The molecule has 3 rings (SSSR count). The van der Waals surface area contributed by atoms with Crippen molar-refractivity contribution < 1.29 is 17.9 Å². The number of halogens is 1. The molecule has 0 radical (unpaired) electrons. The molecule has 0 bridgehead atoms. The van der Waals surface area contributed by atoms with Gasteiger partial charge in [0.1, 0.15) is 5.75 Å². The number of rotatable bonds is 8. The predicted molar refractivity (Wildman–Crippen MR) is 122 cm³/mol. The zero-order valence-electron chi connectivity index (χ0n) is 18.0. The van der Waals surface area contributed by atoms with Crippen molar-refractivity contribution in [1.29, 1.82) is 0 Å². The Kier molecular flexibility index (Phi) is 7.62. The average Bonchev–Trinajstić information content (AvgIpc) is 3.20. The van der Waals surface area contributed by atoms with Crippen molar-refractivity contribution in [1.82, 2.24) is 9.62 Å². The summed E-state index contributed by atoms with van der Waals surface area (Å²) < 4.78 is 33.2. The van der Waals surface area contributed by atoms with E-state index in [2.05, 4.69) is 19.2 Å². The maximum absolute atomic E-state index is 13.2. The van der Waals surface area contributed by atoms with Crippen LogP contribution in [0, 0.1) is 11.8 Å². The lowest BCUT2D eigenvalue weighted by Crippen LogP contribution is -2.36. The second-order valence-electron chi connectivity index (χ2n) is 8.24. The summed E-state index contributed by atoms with van der Waals surface area (Å²) in [5.74, 6) is 0.273. The van der Waals surface area contributed by atoms with E-state index in [4.69, 9.17) is 16.3 Å². The third-order valence-electron chi connectivity index (χ3n) is 5.62. The highest BCUT2D eigenvalue weighted by atomic mass is 35.5. The highest BCUT2D eigenvalue weighted by molar-refractivity contribution is 7.89. The topological polar surface area (TPSA) is 75.7 Å². The molecule has 0 aliphatic carbocycles. The maximum Gasteiger partial charge on any atom is 0.243 e. The van der Waals surface area contributed by atoms with E-state index >= 15 is 0 Å². The van der Waals surface area contributed by atoms with E-state index in [0.29, 0.717) is 23.2 Å². The molecule has 0 aromatic heterocycles. The summed E-state index contributed by atoms with van der Waals surface area (Å²) in [4.78, 5) is 13.2. The summed E-state index contributed by atoms with van der Waals surface area (Å²) in [6.07, 6.45) is 0.870. The molecule has 168 valence electrons. The molecule has 1 aliphatic heterocycles. The van der Waals surface area contributed by atoms with Crippen LogP contribution in [0.15, 0.2) is 53.4 Å². The number of carbonyl (C=O) groups excluding carboxylic acids is 1. The Bertz CT molecular complexity index is 1010. The number of nitrogens with one attached hydrogen (secondary N) is 1. The number of benzene rings is 2. The lowest BCUT2D eigenvalue weighted by atomic mass is 9.88. The van der Waals surface area contributed by atoms with Gasteiger partial charge in [-0.2, -0.15) is 4.31 Å². The van der Waals surface area contributed by atoms with Gasteiger partial charge in [-0.05, 0) is 54.3 Å². The van der Waals surface area contributed by atoms with E-state index in [-0.39, 0.29) is 29.8 Å². The van der Waals surface area contributed by atoms with Crippen LogP contribution < -0.4 is 10.1 Å². The van der Waals surface area contributed by atoms with Gasteiger partial charge in [-0.1, -0.05) is 37.6 Å². The van der Waals surface area contributed by atoms with Crippen LogP contribution in [0.2, 0.25) is 5.02 Å². The van der Waals surface area contributed by atoms with Gasteiger partial charge in [0.15, 0.2) is 0 Å². The van der Waals surface area contributed by atoms with Gasteiger partial charge in [-0.15, -0.1) is 0 Å². The van der Waals surface area contributed by atoms with Crippen LogP contribution in [0.1, 0.15) is 31.7 Å². The Morgan fingerprint density at radius 3 is 2.55 bits per heavy atom. The standard InChI is InChI=1S/C23H29ClN2O4S/c1-16(2)11-12-25-23(27)22-15-26(31(28,29)20-9-7-18(24)8-10-20)14-21(22)17-5-4-6-19(13-17)30-3/h4-10,13,16,21-22H,11-12,14-15H2,1-3H3,(H,25,27). The number of amides is 1. The van der Waals surface area contributed by atoms with Crippen molar-refractivity contribution in [2.75, 3.05) is 26.7 Å². The molecule has 0 spiro atoms. The molecular formula is C23H29ClN2O4S. The summed E-state index contributed by atoms with van der Waals surface area (Å²) in [5, 5.41) is 3.46. The molecule has 2 aromatic carbocycles. The molecule has 1 fully saturated rings. The molecule has 1 heterocycles. The summed E-state index contributed by atoms with van der Waals surface area (Å²) in [5.41, 5.74) is 0.886. The van der Waals surface area contributed by atoms with Gasteiger partial charge in [-0.25, -0.2) is 8.42 Å². The number of carbonyl (C=O) groups is 1. The Morgan fingerprint density at radius 1 is 1.19 bits per heavy atom. The Hall–Kier alpha value is -2.09. The molecule has 2 unspecified atom stereocenters. The van der Waals surface area contributed by atoms with Crippen molar-refractivity contribution in [3.8, 4) is 5.75 Å². The van der Waals surface area contributed by atoms with Crippen molar-refractivity contribution in [3.63, 3.8) is 0 Å². The first kappa shape index (κ1) is 23.6. The van der Waals surface area contributed by atoms with Gasteiger partial charge in [0.05, 0.1) is 17.9 Å². The number of methoxy groups -OCH3 is 1. The Balaban J connectivity index is 1.88. The van der Waals surface area contributed by atoms with Gasteiger partial charge in [-0.3, -0.25) is 4.79 Å². The third-order valence-corrected chi connectivity index (χ3v) is 7.72. The van der Waals surface area contributed by atoms with E-state index < -0.39 is 15.9 Å². The molecule has 1 aliphatic rings. The fourth-order valence-electron chi connectivity index (χ4n) is 3.81. The van der Waals surface area contributed by atoms with Crippen LogP contribution in [0.25, 0.3) is 0 Å². The molecule has 6 nitrogen and oxygen atoms in total. The molecule has 0 saturated carbocycles. The summed E-state index contributed by atoms with van der Waals surface area (Å²) in [7, 11) is -2.16. The first-order chi connectivity index (χ1) is 14.7. The molecule has 2 atom stereocenters. The van der Waals surface area contributed by atoms with Crippen LogP contribution in [0.5, 0.6) is 5.75 Å². The highest BCUT2D eigenvalue weighted by Crippen LogP contribution is 2.37. The lowest BCUT2D eigenvalue weighted by Gasteiger charge is -2.19. The number of hydrogen-bond donors (Lipinski definition) is 1. The van der Waals surface area contributed by atoms with Gasteiger partial charge < -0.3 is 10.1 Å². The van der Waals surface area contributed by atoms with E-state index in [0.717, 1.165) is 12.0 Å². The van der Waals surface area contributed by atoms with E-state index in [1.807, 2.05) is 24.3 Å². The summed E-state index contributed by atoms with van der Waals surface area (Å²) in [6, 6.07) is 13.6. The molecule has 1 saturated heterocycles. The first-order valence-electron chi connectivity index (χ1n) is 10.4. The zero-order chi connectivity index (χ0) is 22.6. The van der Waals surface area contributed by atoms with E-state index in [1.165, 1.54) is 16.4 Å². The molecule has 2 aromatic rings. The second-order valence-corrected chi connectivity index (χ2v) is 10.6. The van der Waals surface area contributed by atoms with Gasteiger partial charge >= 0.3 is 0 Å². The van der Waals surface area contributed by atoms with Crippen LogP contribution in [0.4, 0.5) is 0 Å². The SMILES string of the molecule is COc1cccc(C2CN(S(=O)(=O)c3ccc(Cl)cc3)CC2C(=O)NCCC(C)C)c1. The van der Waals surface area contributed by atoms with E-state index in [9.17, 15) is 13.2 Å². The first-order valence-corrected chi connectivity index (χ1v) is 12.2. The molecule has 1 amide bonds. The fraction of sp³-hybridized carbons (Fsp3) is 0.435. The van der Waals surface area contributed by atoms with Gasteiger partial charge in [0.2, 0.25) is 15.9 Å². The average molecular weight is 465 g/mol. The quantitative estimate of drug-likeness (QED) is 0.642. The minimum atomic E-state index is -3.75. The Labute approximate surface area is 189 Å².